The van der Waals surface area contributed by atoms with Crippen LogP contribution in [0.5, 0.6) is 11.6 Å². The first-order valence-electron chi connectivity index (χ1n) is 8.48. The largest absolute Gasteiger partial charge is 0.489 e. The third-order valence-corrected chi connectivity index (χ3v) is 3.90. The predicted molar refractivity (Wildman–Crippen MR) is 102 cm³/mol. The molecule has 7 nitrogen and oxygen atoms in total. The Morgan fingerprint density at radius 2 is 2.04 bits per heavy atom. The van der Waals surface area contributed by atoms with Crippen molar-refractivity contribution in [1.82, 2.24) is 15.5 Å². The minimum atomic E-state index is -0.744. The number of ether oxygens (including phenoxy) is 2. The van der Waals surface area contributed by atoms with Crippen molar-refractivity contribution in [3.63, 3.8) is 0 Å². The molecule has 0 aliphatic rings. The quantitative estimate of drug-likeness (QED) is 0.678. The molecule has 8 heteroatoms. The summed E-state index contributed by atoms with van der Waals surface area (Å²) in [6.07, 6.45) is -0.744. The van der Waals surface area contributed by atoms with Gasteiger partial charge in [0.1, 0.15) is 31.1 Å². The highest BCUT2D eigenvalue weighted by atomic mass is 35.5. The van der Waals surface area contributed by atoms with Crippen LogP contribution in [0.15, 0.2) is 30.3 Å². The van der Waals surface area contributed by atoms with Crippen LogP contribution in [-0.2, 0) is 0 Å². The number of nitriles is 1. The number of aryl methyl sites for hydroxylation is 1. The number of aliphatic hydroxyl groups is 1. The summed E-state index contributed by atoms with van der Waals surface area (Å²) < 4.78 is 11.2. The summed E-state index contributed by atoms with van der Waals surface area (Å²) >= 11 is 5.69. The van der Waals surface area contributed by atoms with Gasteiger partial charge in [-0.3, -0.25) is 0 Å². The lowest BCUT2D eigenvalue weighted by atomic mass is 10.1. The zero-order valence-corrected chi connectivity index (χ0v) is 16.3. The van der Waals surface area contributed by atoms with E-state index < -0.39 is 11.6 Å². The van der Waals surface area contributed by atoms with Gasteiger partial charge in [-0.05, 0) is 44.5 Å². The van der Waals surface area contributed by atoms with Crippen molar-refractivity contribution < 1.29 is 14.6 Å². The van der Waals surface area contributed by atoms with Crippen molar-refractivity contribution in [1.29, 1.82) is 5.26 Å². The van der Waals surface area contributed by atoms with E-state index in [1.165, 1.54) is 0 Å². The molecule has 0 saturated heterocycles. The van der Waals surface area contributed by atoms with Crippen molar-refractivity contribution in [2.24, 2.45) is 0 Å². The van der Waals surface area contributed by atoms with Crippen LogP contribution in [0, 0.1) is 18.3 Å². The van der Waals surface area contributed by atoms with Gasteiger partial charge in [0, 0.05) is 18.2 Å². The van der Waals surface area contributed by atoms with Crippen molar-refractivity contribution in [3.05, 3.63) is 46.6 Å². The first-order valence-corrected chi connectivity index (χ1v) is 8.85. The Hall–Kier alpha value is -2.40. The normalized spacial score (nSPS) is 12.3. The second kappa shape index (κ2) is 9.51. The van der Waals surface area contributed by atoms with Crippen LogP contribution in [0.2, 0.25) is 5.15 Å². The van der Waals surface area contributed by atoms with Gasteiger partial charge >= 0.3 is 0 Å². The molecular formula is C19H23ClN4O3. The van der Waals surface area contributed by atoms with Crippen molar-refractivity contribution in [3.8, 4) is 17.7 Å². The van der Waals surface area contributed by atoms with E-state index in [0.717, 1.165) is 5.56 Å². The fourth-order valence-electron chi connectivity index (χ4n) is 2.17. The Morgan fingerprint density at radius 3 is 2.70 bits per heavy atom. The molecule has 0 aliphatic carbocycles. The van der Waals surface area contributed by atoms with Gasteiger partial charge in [0.2, 0.25) is 5.88 Å². The molecule has 1 aromatic carbocycles. The Morgan fingerprint density at radius 1 is 1.26 bits per heavy atom. The number of halogens is 1. The fraction of sp³-hybridized carbons (Fsp3) is 0.421. The monoisotopic (exact) mass is 390 g/mol. The van der Waals surface area contributed by atoms with Crippen LogP contribution in [0.1, 0.15) is 25.0 Å². The van der Waals surface area contributed by atoms with E-state index in [9.17, 15) is 5.11 Å². The molecule has 27 heavy (non-hydrogen) atoms. The Labute approximate surface area is 163 Å². The SMILES string of the molecule is Cc1ccc(C#N)c(OCC(O)CNC(C)(C)COc2ccc(Cl)nn2)c1. The molecule has 0 amide bonds. The molecule has 0 spiro atoms. The first-order chi connectivity index (χ1) is 12.8. The standard InChI is InChI=1S/C19H23ClN4O3/c1-13-4-5-14(9-21)16(8-13)26-11-15(25)10-22-19(2,3)12-27-18-7-6-17(20)23-24-18/h4-8,15,22,25H,10-12H2,1-3H3. The van der Waals surface area contributed by atoms with E-state index in [1.807, 2.05) is 26.8 Å². The summed E-state index contributed by atoms with van der Waals surface area (Å²) in [6.45, 7) is 6.50. The van der Waals surface area contributed by atoms with E-state index in [-0.39, 0.29) is 6.61 Å². The summed E-state index contributed by atoms with van der Waals surface area (Å²) in [6, 6.07) is 10.7. The third kappa shape index (κ3) is 7.02. The van der Waals surface area contributed by atoms with Gasteiger partial charge in [-0.15, -0.1) is 10.2 Å². The molecule has 0 saturated carbocycles. The maximum Gasteiger partial charge on any atom is 0.233 e. The van der Waals surface area contributed by atoms with Crippen LogP contribution in [0.25, 0.3) is 0 Å². The molecule has 1 unspecified atom stereocenters. The average Bonchev–Trinajstić information content (AvgIpc) is 2.64. The van der Waals surface area contributed by atoms with Gasteiger partial charge in [0.05, 0.1) is 5.56 Å². The highest BCUT2D eigenvalue weighted by Gasteiger charge is 2.20. The summed E-state index contributed by atoms with van der Waals surface area (Å²) in [5.74, 6) is 0.849. The molecule has 2 rings (SSSR count). The highest BCUT2D eigenvalue weighted by molar-refractivity contribution is 6.29. The Balaban J connectivity index is 1.78. The van der Waals surface area contributed by atoms with Crippen LogP contribution in [-0.4, -0.2) is 46.7 Å². The van der Waals surface area contributed by atoms with E-state index in [4.69, 9.17) is 26.3 Å². The van der Waals surface area contributed by atoms with E-state index in [0.29, 0.717) is 35.5 Å². The lowest BCUT2D eigenvalue weighted by Gasteiger charge is -2.27. The van der Waals surface area contributed by atoms with Gasteiger partial charge in [0.15, 0.2) is 5.15 Å². The molecule has 0 radical (unpaired) electrons. The van der Waals surface area contributed by atoms with E-state index in [2.05, 4.69) is 21.6 Å². The number of hydrogen-bond donors (Lipinski definition) is 2. The highest BCUT2D eigenvalue weighted by Crippen LogP contribution is 2.19. The smallest absolute Gasteiger partial charge is 0.233 e. The van der Waals surface area contributed by atoms with Gasteiger partial charge in [-0.2, -0.15) is 5.26 Å². The number of benzene rings is 1. The zero-order chi connectivity index (χ0) is 19.9. The maximum atomic E-state index is 10.2. The van der Waals surface area contributed by atoms with Crippen molar-refractivity contribution in [2.45, 2.75) is 32.4 Å². The zero-order valence-electron chi connectivity index (χ0n) is 15.6. The summed E-state index contributed by atoms with van der Waals surface area (Å²) in [7, 11) is 0. The number of rotatable bonds is 9. The van der Waals surface area contributed by atoms with E-state index >= 15 is 0 Å². The summed E-state index contributed by atoms with van der Waals surface area (Å²) in [4.78, 5) is 0. The summed E-state index contributed by atoms with van der Waals surface area (Å²) in [5.41, 5.74) is 1.02. The molecule has 2 N–H and O–H groups in total. The van der Waals surface area contributed by atoms with Crippen molar-refractivity contribution in [2.75, 3.05) is 19.8 Å². The number of aliphatic hydroxyl groups excluding tert-OH is 1. The minimum absolute atomic E-state index is 0.0741. The van der Waals surface area contributed by atoms with Crippen LogP contribution in [0.4, 0.5) is 0 Å². The second-order valence-electron chi connectivity index (χ2n) is 6.82. The van der Waals surface area contributed by atoms with Gasteiger partial charge in [-0.25, -0.2) is 0 Å². The second-order valence-corrected chi connectivity index (χ2v) is 7.21. The number of aromatic nitrogens is 2. The molecule has 0 aliphatic heterocycles. The summed E-state index contributed by atoms with van der Waals surface area (Å²) in [5, 5.41) is 30.4. The molecule has 1 heterocycles. The molecule has 0 bridgehead atoms. The first kappa shape index (κ1) is 20.9. The minimum Gasteiger partial charge on any atom is -0.489 e. The fourth-order valence-corrected chi connectivity index (χ4v) is 2.27. The average molecular weight is 391 g/mol. The van der Waals surface area contributed by atoms with Gasteiger partial charge in [-0.1, -0.05) is 17.7 Å². The molecule has 144 valence electrons. The molecule has 2 aromatic rings. The van der Waals surface area contributed by atoms with Crippen LogP contribution < -0.4 is 14.8 Å². The molecular weight excluding hydrogens is 368 g/mol. The van der Waals surface area contributed by atoms with E-state index in [1.54, 1.807) is 24.3 Å². The predicted octanol–water partition coefficient (Wildman–Crippen LogP) is 2.50. The van der Waals surface area contributed by atoms with Gasteiger partial charge < -0.3 is 19.9 Å². The Kier molecular flexibility index (Phi) is 7.36. The Bertz CT molecular complexity index is 791. The number of hydrogen-bond acceptors (Lipinski definition) is 7. The molecule has 0 fully saturated rings. The van der Waals surface area contributed by atoms with Crippen LogP contribution in [0.3, 0.4) is 0 Å². The maximum absolute atomic E-state index is 10.2. The molecule has 1 aromatic heterocycles. The third-order valence-electron chi connectivity index (χ3n) is 3.69. The van der Waals surface area contributed by atoms with Gasteiger partial charge in [0.25, 0.3) is 0 Å². The lowest BCUT2D eigenvalue weighted by molar-refractivity contribution is 0.0921. The number of β-amino-alcohol motifs (C(OH)–C–C–N with tert-alkyl or cyclic N) is 1. The lowest BCUT2D eigenvalue weighted by Crippen LogP contribution is -2.48. The molecule has 1 atom stereocenters. The topological polar surface area (TPSA) is 100 Å². The number of nitrogens with zero attached hydrogens (tertiary/aromatic N) is 3. The van der Waals surface area contributed by atoms with Crippen LogP contribution >= 0.6 is 11.6 Å². The van der Waals surface area contributed by atoms with Crippen molar-refractivity contribution >= 4 is 11.6 Å². The number of nitrogens with one attached hydrogen (secondary N) is 1.